The molecule has 0 atom stereocenters. The van der Waals surface area contributed by atoms with Gasteiger partial charge in [0.2, 0.25) is 0 Å². The van der Waals surface area contributed by atoms with Gasteiger partial charge in [0.25, 0.3) is 5.91 Å². The van der Waals surface area contributed by atoms with E-state index in [4.69, 9.17) is 0 Å². The second kappa shape index (κ2) is 10.2. The molecule has 2 fully saturated rings. The quantitative estimate of drug-likeness (QED) is 0.799. The molecule has 2 aliphatic rings. The highest BCUT2D eigenvalue weighted by molar-refractivity contribution is 6.06. The third-order valence-corrected chi connectivity index (χ3v) is 6.56. The minimum Gasteiger partial charge on any atom is -0.368 e. The summed E-state index contributed by atoms with van der Waals surface area (Å²) < 4.78 is 0. The normalized spacial score (nSPS) is 19.4. The fourth-order valence-electron chi connectivity index (χ4n) is 4.76. The molecular weight excluding hydrogens is 388 g/mol. The van der Waals surface area contributed by atoms with Crippen molar-refractivity contribution in [2.75, 3.05) is 49.5 Å². The standard InChI is InChI=1S/C24H34N6O/c1-19(2)28-15-8-21(9-16-28)29-13-4-14-30(18-17-29)22-5-3-10-26-23(22)24(31)27-20-6-11-25-12-7-20/h3,5-7,10-12,19,21H,4,8-9,13-18H2,1-2H3,(H,25,27,31). The van der Waals surface area contributed by atoms with Gasteiger partial charge in [-0.1, -0.05) is 0 Å². The van der Waals surface area contributed by atoms with E-state index < -0.39 is 0 Å². The van der Waals surface area contributed by atoms with Gasteiger partial charge >= 0.3 is 0 Å². The number of piperidine rings is 1. The number of rotatable bonds is 5. The maximum absolute atomic E-state index is 12.9. The molecule has 4 heterocycles. The number of likely N-dealkylation sites (tertiary alicyclic amines) is 1. The van der Waals surface area contributed by atoms with Crippen LogP contribution in [0.25, 0.3) is 0 Å². The zero-order chi connectivity index (χ0) is 21.6. The Bertz CT molecular complexity index is 850. The van der Waals surface area contributed by atoms with Gasteiger partial charge in [-0.3, -0.25) is 14.7 Å². The van der Waals surface area contributed by atoms with Crippen molar-refractivity contribution in [1.82, 2.24) is 19.8 Å². The molecule has 31 heavy (non-hydrogen) atoms. The molecule has 0 aliphatic carbocycles. The summed E-state index contributed by atoms with van der Waals surface area (Å²) >= 11 is 0. The molecule has 166 valence electrons. The van der Waals surface area contributed by atoms with Crippen LogP contribution in [0, 0.1) is 0 Å². The highest BCUT2D eigenvalue weighted by Gasteiger charge is 2.28. The lowest BCUT2D eigenvalue weighted by molar-refractivity contribution is 0.0964. The van der Waals surface area contributed by atoms with Gasteiger partial charge in [-0.15, -0.1) is 0 Å². The molecule has 2 aromatic heterocycles. The number of pyridine rings is 2. The Labute approximate surface area is 185 Å². The lowest BCUT2D eigenvalue weighted by Crippen LogP contribution is -2.47. The summed E-state index contributed by atoms with van der Waals surface area (Å²) in [5.74, 6) is -0.177. The fraction of sp³-hybridized carbons (Fsp3) is 0.542. The Morgan fingerprint density at radius 2 is 1.77 bits per heavy atom. The SMILES string of the molecule is CC(C)N1CCC(N2CCCN(c3cccnc3C(=O)Nc3ccncc3)CC2)CC1. The molecule has 2 aromatic rings. The summed E-state index contributed by atoms with van der Waals surface area (Å²) in [5, 5.41) is 2.94. The predicted molar refractivity (Wildman–Crippen MR) is 125 cm³/mol. The number of nitrogens with zero attached hydrogens (tertiary/aromatic N) is 5. The maximum Gasteiger partial charge on any atom is 0.276 e. The maximum atomic E-state index is 12.9. The molecule has 2 saturated heterocycles. The highest BCUT2D eigenvalue weighted by Crippen LogP contribution is 2.24. The lowest BCUT2D eigenvalue weighted by Gasteiger charge is -2.39. The van der Waals surface area contributed by atoms with Crippen LogP contribution in [0.5, 0.6) is 0 Å². The van der Waals surface area contributed by atoms with Crippen molar-refractivity contribution in [3.05, 3.63) is 48.5 Å². The van der Waals surface area contributed by atoms with E-state index in [1.807, 2.05) is 12.1 Å². The van der Waals surface area contributed by atoms with Crippen LogP contribution in [-0.4, -0.2) is 77.0 Å². The van der Waals surface area contributed by atoms with Crippen LogP contribution in [0.3, 0.4) is 0 Å². The number of carbonyl (C=O) groups excluding carboxylic acids is 1. The van der Waals surface area contributed by atoms with Crippen LogP contribution < -0.4 is 10.2 Å². The van der Waals surface area contributed by atoms with Crippen molar-refractivity contribution < 1.29 is 4.79 Å². The molecule has 0 unspecified atom stereocenters. The summed E-state index contributed by atoms with van der Waals surface area (Å²) in [6.07, 6.45) is 8.64. The van der Waals surface area contributed by atoms with Crippen molar-refractivity contribution in [2.24, 2.45) is 0 Å². The van der Waals surface area contributed by atoms with E-state index in [2.05, 4.69) is 43.8 Å². The van der Waals surface area contributed by atoms with Gasteiger partial charge in [0.05, 0.1) is 5.69 Å². The molecule has 1 amide bonds. The largest absolute Gasteiger partial charge is 0.368 e. The van der Waals surface area contributed by atoms with Crippen LogP contribution in [0.2, 0.25) is 0 Å². The van der Waals surface area contributed by atoms with E-state index in [0.29, 0.717) is 17.8 Å². The van der Waals surface area contributed by atoms with E-state index in [0.717, 1.165) is 44.0 Å². The van der Waals surface area contributed by atoms with E-state index in [1.54, 1.807) is 30.7 Å². The minimum absolute atomic E-state index is 0.177. The summed E-state index contributed by atoms with van der Waals surface area (Å²) in [5.41, 5.74) is 2.13. The van der Waals surface area contributed by atoms with E-state index >= 15 is 0 Å². The molecule has 0 bridgehead atoms. The van der Waals surface area contributed by atoms with Gasteiger partial charge in [-0.2, -0.15) is 0 Å². The Hall–Kier alpha value is -2.51. The number of hydrogen-bond acceptors (Lipinski definition) is 6. The first-order valence-electron chi connectivity index (χ1n) is 11.5. The molecule has 0 radical (unpaired) electrons. The second-order valence-electron chi connectivity index (χ2n) is 8.80. The summed E-state index contributed by atoms with van der Waals surface area (Å²) in [7, 11) is 0. The van der Waals surface area contributed by atoms with Gasteiger partial charge in [-0.05, 0) is 70.5 Å². The molecule has 2 aliphatic heterocycles. The van der Waals surface area contributed by atoms with Gasteiger partial charge in [0, 0.05) is 62.5 Å². The molecule has 0 aromatic carbocycles. The van der Waals surface area contributed by atoms with Crippen molar-refractivity contribution in [2.45, 2.75) is 45.2 Å². The molecule has 0 spiro atoms. The van der Waals surface area contributed by atoms with Crippen LogP contribution in [0.4, 0.5) is 11.4 Å². The lowest BCUT2D eigenvalue weighted by atomic mass is 10.0. The van der Waals surface area contributed by atoms with Gasteiger partial charge in [-0.25, -0.2) is 4.98 Å². The average molecular weight is 423 g/mol. The molecule has 1 N–H and O–H groups in total. The van der Waals surface area contributed by atoms with Crippen LogP contribution >= 0.6 is 0 Å². The first-order valence-corrected chi connectivity index (χ1v) is 11.5. The van der Waals surface area contributed by atoms with Crippen molar-refractivity contribution in [3.8, 4) is 0 Å². The third-order valence-electron chi connectivity index (χ3n) is 6.56. The van der Waals surface area contributed by atoms with E-state index in [-0.39, 0.29) is 5.91 Å². The summed E-state index contributed by atoms with van der Waals surface area (Å²) in [4.78, 5) is 28.9. The number of aromatic nitrogens is 2. The van der Waals surface area contributed by atoms with Crippen LogP contribution in [0.15, 0.2) is 42.9 Å². The first-order chi connectivity index (χ1) is 15.1. The number of hydrogen-bond donors (Lipinski definition) is 1. The fourth-order valence-corrected chi connectivity index (χ4v) is 4.76. The molecule has 4 rings (SSSR count). The van der Waals surface area contributed by atoms with Gasteiger partial charge in [0.15, 0.2) is 5.69 Å². The highest BCUT2D eigenvalue weighted by atomic mass is 16.1. The number of nitrogens with one attached hydrogen (secondary N) is 1. The molecule has 7 nitrogen and oxygen atoms in total. The topological polar surface area (TPSA) is 64.6 Å². The Morgan fingerprint density at radius 3 is 2.52 bits per heavy atom. The number of anilines is 2. The van der Waals surface area contributed by atoms with Crippen molar-refractivity contribution >= 4 is 17.3 Å². The predicted octanol–water partition coefficient (Wildman–Crippen LogP) is 3.11. The van der Waals surface area contributed by atoms with E-state index in [9.17, 15) is 4.79 Å². The zero-order valence-electron chi connectivity index (χ0n) is 18.7. The monoisotopic (exact) mass is 422 g/mol. The van der Waals surface area contributed by atoms with Crippen molar-refractivity contribution in [1.29, 1.82) is 0 Å². The van der Waals surface area contributed by atoms with E-state index in [1.165, 1.54) is 25.9 Å². The molecular formula is C24H34N6O. The Balaban J connectivity index is 1.40. The van der Waals surface area contributed by atoms with Gasteiger partial charge < -0.3 is 15.1 Å². The number of carbonyl (C=O) groups is 1. The minimum atomic E-state index is -0.177. The summed E-state index contributed by atoms with van der Waals surface area (Å²) in [6.45, 7) is 11.0. The van der Waals surface area contributed by atoms with Crippen LogP contribution in [-0.2, 0) is 0 Å². The Morgan fingerprint density at radius 1 is 1.00 bits per heavy atom. The van der Waals surface area contributed by atoms with Crippen molar-refractivity contribution in [3.63, 3.8) is 0 Å². The number of amides is 1. The smallest absolute Gasteiger partial charge is 0.276 e. The molecule has 7 heteroatoms. The average Bonchev–Trinajstić information content (AvgIpc) is 3.06. The van der Waals surface area contributed by atoms with Gasteiger partial charge in [0.1, 0.15) is 0 Å². The zero-order valence-corrected chi connectivity index (χ0v) is 18.7. The summed E-state index contributed by atoms with van der Waals surface area (Å²) in [6, 6.07) is 8.83. The third kappa shape index (κ3) is 5.40. The van der Waals surface area contributed by atoms with Crippen LogP contribution in [0.1, 0.15) is 43.6 Å². The Kier molecular flexibility index (Phi) is 7.14. The molecule has 0 saturated carbocycles. The second-order valence-corrected chi connectivity index (χ2v) is 8.80. The first kappa shape index (κ1) is 21.7.